The molecule has 1 rings (SSSR count). The molecule has 1 aromatic rings. The number of amides is 1. The monoisotopic (exact) mass is 228 g/mol. The van der Waals surface area contributed by atoms with Gasteiger partial charge in [-0.2, -0.15) is 0 Å². The molecule has 0 spiro atoms. The number of carbonyl (C=O) groups excluding carboxylic acids is 1. The molecule has 0 aliphatic heterocycles. The van der Waals surface area contributed by atoms with Crippen molar-refractivity contribution in [3.05, 3.63) is 35.9 Å². The molecule has 1 aromatic carbocycles. The number of rotatable bonds is 5. The first-order valence-corrected chi connectivity index (χ1v) is 4.95. The van der Waals surface area contributed by atoms with E-state index in [9.17, 15) is 13.6 Å². The van der Waals surface area contributed by atoms with Crippen molar-refractivity contribution in [2.24, 2.45) is 5.73 Å². The molecule has 0 heterocycles. The Kier molecular flexibility index (Phi) is 4.85. The van der Waals surface area contributed by atoms with Crippen molar-refractivity contribution in [2.75, 3.05) is 6.54 Å². The average molecular weight is 228 g/mol. The van der Waals surface area contributed by atoms with E-state index in [0.717, 1.165) is 5.56 Å². The lowest BCUT2D eigenvalue weighted by Gasteiger charge is -2.11. The number of alkyl halides is 2. The van der Waals surface area contributed by atoms with Crippen LogP contribution in [0.25, 0.3) is 0 Å². The zero-order chi connectivity index (χ0) is 12.0. The van der Waals surface area contributed by atoms with Crippen molar-refractivity contribution in [3.63, 3.8) is 0 Å². The summed E-state index contributed by atoms with van der Waals surface area (Å²) in [5, 5.41) is 2.09. The van der Waals surface area contributed by atoms with Crippen LogP contribution in [0.5, 0.6) is 0 Å². The van der Waals surface area contributed by atoms with Crippen molar-refractivity contribution >= 4 is 5.91 Å². The highest BCUT2D eigenvalue weighted by molar-refractivity contribution is 5.81. The van der Waals surface area contributed by atoms with Crippen LogP contribution < -0.4 is 11.1 Å². The van der Waals surface area contributed by atoms with Gasteiger partial charge in [0, 0.05) is 0 Å². The SMILES string of the molecule is N[C@H](Cc1ccccc1)C(=O)NCC(F)F. The molecule has 0 saturated carbocycles. The van der Waals surface area contributed by atoms with E-state index < -0.39 is 24.9 Å². The standard InChI is InChI=1S/C11H14F2N2O/c12-10(13)7-15-11(16)9(14)6-8-4-2-1-3-5-8/h1-5,9-10H,6-7,14H2,(H,15,16)/t9-/m1/s1. The van der Waals surface area contributed by atoms with Crippen molar-refractivity contribution in [1.82, 2.24) is 5.32 Å². The van der Waals surface area contributed by atoms with Gasteiger partial charge < -0.3 is 11.1 Å². The van der Waals surface area contributed by atoms with Gasteiger partial charge in [-0.05, 0) is 12.0 Å². The van der Waals surface area contributed by atoms with Crippen LogP contribution in [0.15, 0.2) is 30.3 Å². The van der Waals surface area contributed by atoms with Crippen molar-refractivity contribution in [1.29, 1.82) is 0 Å². The molecule has 0 saturated heterocycles. The number of halogens is 2. The van der Waals surface area contributed by atoms with Crippen LogP contribution in [0.2, 0.25) is 0 Å². The Labute approximate surface area is 92.6 Å². The summed E-state index contributed by atoms with van der Waals surface area (Å²) in [6.45, 7) is -0.651. The topological polar surface area (TPSA) is 55.1 Å². The predicted molar refractivity (Wildman–Crippen MR) is 57.1 cm³/mol. The molecule has 16 heavy (non-hydrogen) atoms. The zero-order valence-corrected chi connectivity index (χ0v) is 8.70. The second-order valence-corrected chi connectivity index (χ2v) is 3.43. The van der Waals surface area contributed by atoms with Gasteiger partial charge in [-0.15, -0.1) is 0 Å². The molecule has 0 aliphatic carbocycles. The molecule has 0 aromatic heterocycles. The Morgan fingerprint density at radius 1 is 1.31 bits per heavy atom. The Balaban J connectivity index is 2.40. The van der Waals surface area contributed by atoms with Gasteiger partial charge in [0.05, 0.1) is 12.6 Å². The van der Waals surface area contributed by atoms with Crippen LogP contribution in [0.3, 0.4) is 0 Å². The summed E-state index contributed by atoms with van der Waals surface area (Å²) in [6, 6.07) is 8.39. The number of hydrogen-bond acceptors (Lipinski definition) is 2. The molecule has 1 atom stereocenters. The van der Waals surface area contributed by atoms with Crippen LogP contribution in [-0.4, -0.2) is 24.9 Å². The van der Waals surface area contributed by atoms with Gasteiger partial charge in [0.25, 0.3) is 6.43 Å². The first kappa shape index (κ1) is 12.6. The summed E-state index contributed by atoms with van der Waals surface area (Å²) in [5.41, 5.74) is 6.48. The van der Waals surface area contributed by atoms with Crippen molar-refractivity contribution in [2.45, 2.75) is 18.9 Å². The van der Waals surface area contributed by atoms with Crippen LogP contribution in [0.1, 0.15) is 5.56 Å². The first-order chi connectivity index (χ1) is 7.59. The third-order valence-corrected chi connectivity index (χ3v) is 2.07. The van der Waals surface area contributed by atoms with E-state index in [1.165, 1.54) is 0 Å². The van der Waals surface area contributed by atoms with Crippen molar-refractivity contribution < 1.29 is 13.6 Å². The molecule has 3 N–H and O–H groups in total. The molecule has 0 aliphatic rings. The molecule has 0 fully saturated rings. The van der Waals surface area contributed by atoms with Crippen LogP contribution in [-0.2, 0) is 11.2 Å². The maximum atomic E-state index is 11.8. The molecule has 3 nitrogen and oxygen atoms in total. The Bertz CT molecular complexity index is 330. The molecule has 1 amide bonds. The fourth-order valence-electron chi connectivity index (χ4n) is 1.27. The summed E-state index contributed by atoms with van der Waals surface area (Å²) >= 11 is 0. The van der Waals surface area contributed by atoms with Gasteiger partial charge in [-0.25, -0.2) is 8.78 Å². The highest BCUT2D eigenvalue weighted by Crippen LogP contribution is 2.01. The minimum absolute atomic E-state index is 0.343. The highest BCUT2D eigenvalue weighted by atomic mass is 19.3. The van der Waals surface area contributed by atoms with E-state index in [0.29, 0.717) is 6.42 Å². The van der Waals surface area contributed by atoms with Crippen LogP contribution in [0, 0.1) is 0 Å². The summed E-state index contributed by atoms with van der Waals surface area (Å²) in [5.74, 6) is -0.552. The maximum Gasteiger partial charge on any atom is 0.255 e. The second kappa shape index (κ2) is 6.17. The summed E-state index contributed by atoms with van der Waals surface area (Å²) in [4.78, 5) is 11.3. The fourth-order valence-corrected chi connectivity index (χ4v) is 1.27. The Hall–Kier alpha value is -1.49. The van der Waals surface area contributed by atoms with Gasteiger partial charge in [-0.3, -0.25) is 4.79 Å². The van der Waals surface area contributed by atoms with E-state index in [2.05, 4.69) is 5.32 Å². The lowest BCUT2D eigenvalue weighted by atomic mass is 10.1. The highest BCUT2D eigenvalue weighted by Gasteiger charge is 2.15. The van der Waals surface area contributed by atoms with Crippen LogP contribution >= 0.6 is 0 Å². The largest absolute Gasteiger partial charge is 0.349 e. The van der Waals surface area contributed by atoms with Gasteiger partial charge in [0.1, 0.15) is 0 Å². The molecule has 0 radical (unpaired) electrons. The number of hydrogen-bond donors (Lipinski definition) is 2. The summed E-state index contributed by atoms with van der Waals surface area (Å²) in [7, 11) is 0. The van der Waals surface area contributed by atoms with Crippen molar-refractivity contribution in [3.8, 4) is 0 Å². The Morgan fingerprint density at radius 3 is 2.50 bits per heavy atom. The van der Waals surface area contributed by atoms with E-state index in [1.54, 1.807) is 0 Å². The third-order valence-electron chi connectivity index (χ3n) is 2.07. The maximum absolute atomic E-state index is 11.8. The Morgan fingerprint density at radius 2 is 1.94 bits per heavy atom. The first-order valence-electron chi connectivity index (χ1n) is 4.95. The van der Waals surface area contributed by atoms with E-state index in [4.69, 9.17) is 5.73 Å². The lowest BCUT2D eigenvalue weighted by Crippen LogP contribution is -2.43. The molecule has 5 heteroatoms. The third kappa shape index (κ3) is 4.35. The minimum atomic E-state index is -2.55. The van der Waals surface area contributed by atoms with E-state index in [-0.39, 0.29) is 0 Å². The smallest absolute Gasteiger partial charge is 0.255 e. The normalized spacial score (nSPS) is 12.5. The van der Waals surface area contributed by atoms with Gasteiger partial charge in [-0.1, -0.05) is 30.3 Å². The molecule has 0 unspecified atom stereocenters. The number of benzene rings is 1. The number of nitrogens with two attached hydrogens (primary N) is 1. The van der Waals surface area contributed by atoms with E-state index in [1.807, 2.05) is 30.3 Å². The second-order valence-electron chi connectivity index (χ2n) is 3.43. The van der Waals surface area contributed by atoms with Crippen LogP contribution in [0.4, 0.5) is 8.78 Å². The molecular weight excluding hydrogens is 214 g/mol. The number of nitrogens with one attached hydrogen (secondary N) is 1. The fraction of sp³-hybridized carbons (Fsp3) is 0.364. The van der Waals surface area contributed by atoms with Gasteiger partial charge in [0.15, 0.2) is 0 Å². The average Bonchev–Trinajstić information content (AvgIpc) is 2.27. The lowest BCUT2D eigenvalue weighted by molar-refractivity contribution is -0.122. The van der Waals surface area contributed by atoms with Gasteiger partial charge in [0.2, 0.25) is 5.91 Å². The predicted octanol–water partition coefficient (Wildman–Crippen LogP) is 0.938. The van der Waals surface area contributed by atoms with E-state index >= 15 is 0 Å². The quantitative estimate of drug-likeness (QED) is 0.788. The summed E-state index contributed by atoms with van der Waals surface area (Å²) < 4.78 is 23.7. The minimum Gasteiger partial charge on any atom is -0.349 e. The summed E-state index contributed by atoms with van der Waals surface area (Å²) in [6.07, 6.45) is -2.21. The molecule has 0 bridgehead atoms. The molecule has 88 valence electrons. The molecular formula is C11H14F2N2O. The zero-order valence-electron chi connectivity index (χ0n) is 8.70. The van der Waals surface area contributed by atoms with Gasteiger partial charge >= 0.3 is 0 Å². The number of carbonyl (C=O) groups is 1.